The van der Waals surface area contributed by atoms with Gasteiger partial charge in [0, 0.05) is 7.11 Å². The van der Waals surface area contributed by atoms with Crippen molar-refractivity contribution >= 4 is 5.97 Å². The molecule has 3 rings (SSSR count). The first kappa shape index (κ1) is 18.7. The van der Waals surface area contributed by atoms with E-state index in [-0.39, 0.29) is 29.3 Å². The molecular weight excluding hydrogens is 316 g/mol. The molecule has 0 unspecified atom stereocenters. The normalized spacial score (nSPS) is 43.2. The molecule has 0 aromatic carbocycles. The van der Waals surface area contributed by atoms with Crippen molar-refractivity contribution in [3.63, 3.8) is 0 Å². The van der Waals surface area contributed by atoms with Crippen LogP contribution in [0.2, 0.25) is 0 Å². The SMILES string of the molecule is CO[C@@]12CC[C@H](O)[C@@](C)(CC[C@@H]3/C(=C\C=C\C(C)C)COC(=O)[C@@H]31)C2. The first-order chi connectivity index (χ1) is 11.8. The van der Waals surface area contributed by atoms with Gasteiger partial charge in [-0.05, 0) is 54.9 Å². The smallest absolute Gasteiger partial charge is 0.312 e. The number of carbonyl (C=O) groups excluding carboxylic acids is 1. The summed E-state index contributed by atoms with van der Waals surface area (Å²) in [4.78, 5) is 12.7. The number of hydrogen-bond acceptors (Lipinski definition) is 4. The number of hydrogen-bond donors (Lipinski definition) is 1. The predicted octanol–water partition coefficient (Wildman–Crippen LogP) is 3.64. The van der Waals surface area contributed by atoms with E-state index in [0.29, 0.717) is 25.4 Å². The number of aliphatic hydroxyl groups is 1. The molecule has 2 bridgehead atoms. The zero-order valence-corrected chi connectivity index (χ0v) is 16.0. The zero-order chi connectivity index (χ0) is 18.2. The van der Waals surface area contributed by atoms with Crippen LogP contribution in [0.1, 0.15) is 52.9 Å². The minimum atomic E-state index is -0.520. The van der Waals surface area contributed by atoms with E-state index in [1.54, 1.807) is 7.11 Å². The van der Waals surface area contributed by atoms with Gasteiger partial charge in [0.05, 0.1) is 17.6 Å². The van der Waals surface area contributed by atoms with E-state index in [2.05, 4.69) is 39.0 Å². The highest BCUT2D eigenvalue weighted by atomic mass is 16.5. The minimum Gasteiger partial charge on any atom is -0.461 e. The molecule has 0 aromatic heterocycles. The summed E-state index contributed by atoms with van der Waals surface area (Å²) in [5.41, 5.74) is 0.474. The second-order valence-electron chi connectivity index (χ2n) is 8.76. The molecule has 1 N–H and O–H groups in total. The quantitative estimate of drug-likeness (QED) is 0.791. The predicted molar refractivity (Wildman–Crippen MR) is 96.9 cm³/mol. The van der Waals surface area contributed by atoms with Crippen LogP contribution in [-0.2, 0) is 14.3 Å². The molecule has 2 aliphatic carbocycles. The van der Waals surface area contributed by atoms with Gasteiger partial charge in [0.15, 0.2) is 0 Å². The Hall–Kier alpha value is -1.13. The number of esters is 1. The molecule has 5 atom stereocenters. The molecule has 1 heterocycles. The Labute approximate surface area is 151 Å². The Kier molecular flexibility index (Phi) is 5.13. The van der Waals surface area contributed by atoms with Crippen LogP contribution in [-0.4, -0.2) is 36.5 Å². The molecule has 4 nitrogen and oxygen atoms in total. The first-order valence-electron chi connectivity index (χ1n) is 9.58. The number of cyclic esters (lactones) is 1. The second-order valence-corrected chi connectivity index (χ2v) is 8.76. The summed E-state index contributed by atoms with van der Waals surface area (Å²) in [6.45, 7) is 6.82. The van der Waals surface area contributed by atoms with Gasteiger partial charge in [-0.3, -0.25) is 4.79 Å². The Morgan fingerprint density at radius 2 is 2.08 bits per heavy atom. The summed E-state index contributed by atoms with van der Waals surface area (Å²) in [6.07, 6.45) is 10.00. The Morgan fingerprint density at radius 3 is 2.76 bits per heavy atom. The van der Waals surface area contributed by atoms with Crippen molar-refractivity contribution < 1.29 is 19.4 Å². The lowest BCUT2D eigenvalue weighted by molar-refractivity contribution is -0.184. The van der Waals surface area contributed by atoms with Gasteiger partial charge in [-0.1, -0.05) is 39.0 Å². The van der Waals surface area contributed by atoms with Crippen LogP contribution in [0, 0.1) is 23.2 Å². The van der Waals surface area contributed by atoms with E-state index in [9.17, 15) is 9.90 Å². The highest BCUT2D eigenvalue weighted by Gasteiger charge is 2.59. The third-order valence-electron chi connectivity index (χ3n) is 6.67. The van der Waals surface area contributed by atoms with Gasteiger partial charge >= 0.3 is 5.97 Å². The fourth-order valence-electron chi connectivity index (χ4n) is 5.16. The molecule has 1 saturated heterocycles. The number of allylic oxidation sites excluding steroid dienone is 3. The van der Waals surface area contributed by atoms with Gasteiger partial charge in [-0.15, -0.1) is 0 Å². The highest BCUT2D eigenvalue weighted by molar-refractivity contribution is 5.76. The van der Waals surface area contributed by atoms with Crippen molar-refractivity contribution in [3.8, 4) is 0 Å². The van der Waals surface area contributed by atoms with E-state index in [4.69, 9.17) is 9.47 Å². The van der Waals surface area contributed by atoms with Crippen molar-refractivity contribution in [2.45, 2.75) is 64.6 Å². The third kappa shape index (κ3) is 3.31. The number of ether oxygens (including phenoxy) is 2. The monoisotopic (exact) mass is 348 g/mol. The number of rotatable bonds is 3. The van der Waals surface area contributed by atoms with Gasteiger partial charge in [0.25, 0.3) is 0 Å². The van der Waals surface area contributed by atoms with Crippen molar-refractivity contribution in [2.24, 2.45) is 23.2 Å². The van der Waals surface area contributed by atoms with Crippen LogP contribution in [0.4, 0.5) is 0 Å². The Bertz CT molecular complexity index is 578. The summed E-state index contributed by atoms with van der Waals surface area (Å²) in [6, 6.07) is 0. The van der Waals surface area contributed by atoms with Gasteiger partial charge in [-0.2, -0.15) is 0 Å². The summed E-state index contributed by atoms with van der Waals surface area (Å²) < 4.78 is 11.6. The maximum atomic E-state index is 12.7. The number of fused-ring (bicyclic) bond motifs is 4. The van der Waals surface area contributed by atoms with Gasteiger partial charge in [-0.25, -0.2) is 0 Å². The molecule has 25 heavy (non-hydrogen) atoms. The minimum absolute atomic E-state index is 0.127. The van der Waals surface area contributed by atoms with Crippen LogP contribution in [0.25, 0.3) is 0 Å². The molecular formula is C21H32O4. The molecule has 0 amide bonds. The number of methoxy groups -OCH3 is 1. The van der Waals surface area contributed by atoms with Crippen LogP contribution < -0.4 is 0 Å². The zero-order valence-electron chi connectivity index (χ0n) is 16.0. The average Bonchev–Trinajstić information content (AvgIpc) is 2.68. The molecule has 3 fully saturated rings. The number of carbonyl (C=O) groups is 1. The lowest BCUT2D eigenvalue weighted by Gasteiger charge is -2.50. The summed E-state index contributed by atoms with van der Waals surface area (Å²) >= 11 is 0. The third-order valence-corrected chi connectivity index (χ3v) is 6.67. The fraction of sp³-hybridized carbons (Fsp3) is 0.762. The average molecular weight is 348 g/mol. The van der Waals surface area contributed by atoms with Gasteiger partial charge < -0.3 is 14.6 Å². The fourth-order valence-corrected chi connectivity index (χ4v) is 5.16. The lowest BCUT2D eigenvalue weighted by Crippen LogP contribution is -2.55. The van der Waals surface area contributed by atoms with E-state index in [1.165, 1.54) is 5.57 Å². The standard InChI is InChI=1S/C21H32O4/c1-14(2)6-5-7-15-12-25-19(23)18-16(15)8-10-20(3)13-21(18,24-4)11-9-17(20)22/h5-7,14,16-18,22H,8-13H2,1-4H3/b6-5+,15-7-/t16-,17+,18-,20+,21-/m1/s1. The van der Waals surface area contributed by atoms with Crippen molar-refractivity contribution in [2.75, 3.05) is 13.7 Å². The lowest BCUT2D eigenvalue weighted by atomic mass is 9.62. The van der Waals surface area contributed by atoms with E-state index in [0.717, 1.165) is 19.3 Å². The van der Waals surface area contributed by atoms with E-state index >= 15 is 0 Å². The molecule has 0 spiro atoms. The second kappa shape index (κ2) is 6.88. The Balaban J connectivity index is 1.99. The Morgan fingerprint density at radius 1 is 1.32 bits per heavy atom. The summed E-state index contributed by atoms with van der Waals surface area (Å²) in [5.74, 6) is 0.244. The summed E-state index contributed by atoms with van der Waals surface area (Å²) in [5, 5.41) is 10.6. The molecule has 140 valence electrons. The van der Waals surface area contributed by atoms with Crippen LogP contribution in [0.3, 0.4) is 0 Å². The molecule has 0 aromatic rings. The van der Waals surface area contributed by atoms with Crippen LogP contribution in [0.5, 0.6) is 0 Å². The molecule has 3 aliphatic rings. The largest absolute Gasteiger partial charge is 0.461 e. The van der Waals surface area contributed by atoms with Gasteiger partial charge in [0.2, 0.25) is 0 Å². The van der Waals surface area contributed by atoms with E-state index in [1.807, 2.05) is 0 Å². The molecule has 4 heteroatoms. The maximum absolute atomic E-state index is 12.7. The van der Waals surface area contributed by atoms with Crippen molar-refractivity contribution in [1.82, 2.24) is 0 Å². The van der Waals surface area contributed by atoms with Gasteiger partial charge in [0.1, 0.15) is 6.61 Å². The van der Waals surface area contributed by atoms with Crippen LogP contribution in [0.15, 0.2) is 23.8 Å². The molecule has 0 radical (unpaired) electrons. The number of aliphatic hydroxyl groups excluding tert-OH is 1. The van der Waals surface area contributed by atoms with Crippen molar-refractivity contribution in [3.05, 3.63) is 23.8 Å². The summed E-state index contributed by atoms with van der Waals surface area (Å²) in [7, 11) is 1.71. The molecule has 2 saturated carbocycles. The molecule has 1 aliphatic heterocycles. The van der Waals surface area contributed by atoms with E-state index < -0.39 is 5.60 Å². The topological polar surface area (TPSA) is 55.8 Å². The van der Waals surface area contributed by atoms with Crippen molar-refractivity contribution in [1.29, 1.82) is 0 Å². The first-order valence-corrected chi connectivity index (χ1v) is 9.58. The maximum Gasteiger partial charge on any atom is 0.312 e. The van der Waals surface area contributed by atoms with Crippen LogP contribution >= 0.6 is 0 Å². The highest BCUT2D eigenvalue weighted by Crippen LogP contribution is 2.56.